The molecular formula is C14H21NO4S. The molecule has 2 N–H and O–H groups in total. The van der Waals surface area contributed by atoms with Crippen molar-refractivity contribution in [2.24, 2.45) is 0 Å². The number of aromatic carboxylic acids is 1. The molecule has 20 heavy (non-hydrogen) atoms. The number of carbonyl (C=O) groups excluding carboxylic acids is 1. The molecular weight excluding hydrogens is 278 g/mol. The molecule has 112 valence electrons. The summed E-state index contributed by atoms with van der Waals surface area (Å²) in [5.41, 5.74) is -0.527. The number of ether oxygens (including phenoxy) is 1. The molecule has 0 fully saturated rings. The lowest BCUT2D eigenvalue weighted by Crippen LogP contribution is -2.27. The lowest BCUT2D eigenvalue weighted by molar-refractivity contribution is 0.0636. The summed E-state index contributed by atoms with van der Waals surface area (Å²) in [5.74, 6) is -1.06. The van der Waals surface area contributed by atoms with Gasteiger partial charge in [-0.05, 0) is 32.3 Å². The lowest BCUT2D eigenvalue weighted by Gasteiger charge is -2.19. The van der Waals surface area contributed by atoms with E-state index < -0.39 is 17.7 Å². The van der Waals surface area contributed by atoms with Crippen molar-refractivity contribution >= 4 is 29.1 Å². The van der Waals surface area contributed by atoms with Crippen LogP contribution in [0.1, 0.15) is 56.1 Å². The van der Waals surface area contributed by atoms with Crippen molar-refractivity contribution in [2.75, 3.05) is 5.32 Å². The summed E-state index contributed by atoms with van der Waals surface area (Å²) >= 11 is 1.16. The van der Waals surface area contributed by atoms with E-state index in [9.17, 15) is 14.7 Å². The molecule has 0 aliphatic carbocycles. The summed E-state index contributed by atoms with van der Waals surface area (Å²) < 4.78 is 5.13. The number of thiophene rings is 1. The molecule has 1 aromatic heterocycles. The average Bonchev–Trinajstić information content (AvgIpc) is 2.57. The number of carboxylic acid groups (broad SMARTS) is 1. The SMILES string of the molecule is CC(C)(C)OC(=O)Nc1cc(C(C)(C)C)sc1C(=O)O. The second-order valence-electron chi connectivity index (χ2n) is 6.54. The Morgan fingerprint density at radius 3 is 2.15 bits per heavy atom. The van der Waals surface area contributed by atoms with Crippen LogP contribution in [0, 0.1) is 0 Å². The third-order valence-electron chi connectivity index (χ3n) is 2.30. The smallest absolute Gasteiger partial charge is 0.412 e. The van der Waals surface area contributed by atoms with E-state index in [1.165, 1.54) is 0 Å². The van der Waals surface area contributed by atoms with Crippen LogP contribution in [0.4, 0.5) is 10.5 Å². The predicted molar refractivity (Wildman–Crippen MR) is 79.8 cm³/mol. The number of hydrogen-bond acceptors (Lipinski definition) is 4. The first-order valence-electron chi connectivity index (χ1n) is 6.28. The van der Waals surface area contributed by atoms with Gasteiger partial charge in [-0.25, -0.2) is 9.59 Å². The number of nitrogens with one attached hydrogen (secondary N) is 1. The molecule has 1 amide bonds. The molecule has 0 radical (unpaired) electrons. The summed E-state index contributed by atoms with van der Waals surface area (Å²) in [6.07, 6.45) is -0.654. The maximum atomic E-state index is 11.7. The Labute approximate surface area is 123 Å². The standard InChI is InChI=1S/C14H21NO4S/c1-13(2,3)9-7-8(10(20-9)11(16)17)15-12(18)19-14(4,5)6/h7H,1-6H3,(H,15,18)(H,16,17). The monoisotopic (exact) mass is 299 g/mol. The first kappa shape index (κ1) is 16.5. The Bertz CT molecular complexity index is 520. The number of amides is 1. The van der Waals surface area contributed by atoms with E-state index >= 15 is 0 Å². The van der Waals surface area contributed by atoms with Crippen LogP contribution < -0.4 is 5.32 Å². The molecule has 1 heterocycles. The Kier molecular flexibility index (Phi) is 4.49. The van der Waals surface area contributed by atoms with Crippen molar-refractivity contribution in [2.45, 2.75) is 52.6 Å². The van der Waals surface area contributed by atoms with Crippen molar-refractivity contribution in [3.8, 4) is 0 Å². The topological polar surface area (TPSA) is 75.6 Å². The second-order valence-corrected chi connectivity index (χ2v) is 7.59. The van der Waals surface area contributed by atoms with E-state index in [4.69, 9.17) is 4.74 Å². The van der Waals surface area contributed by atoms with E-state index in [0.29, 0.717) is 0 Å². The minimum absolute atomic E-state index is 0.112. The van der Waals surface area contributed by atoms with Crippen molar-refractivity contribution < 1.29 is 19.4 Å². The second kappa shape index (κ2) is 5.44. The molecule has 1 rings (SSSR count). The van der Waals surface area contributed by atoms with Gasteiger partial charge in [0.1, 0.15) is 10.5 Å². The number of anilines is 1. The Morgan fingerprint density at radius 1 is 1.20 bits per heavy atom. The van der Waals surface area contributed by atoms with Crippen LogP contribution in [-0.4, -0.2) is 22.8 Å². The molecule has 0 aromatic carbocycles. The van der Waals surface area contributed by atoms with Gasteiger partial charge in [-0.1, -0.05) is 20.8 Å². The summed E-state index contributed by atoms with van der Waals surface area (Å²) in [6, 6.07) is 1.69. The third kappa shape index (κ3) is 4.52. The Balaban J connectivity index is 3.02. The molecule has 0 spiro atoms. The molecule has 6 heteroatoms. The Hall–Kier alpha value is -1.56. The van der Waals surface area contributed by atoms with E-state index in [-0.39, 0.29) is 16.0 Å². The largest absolute Gasteiger partial charge is 0.477 e. The maximum absolute atomic E-state index is 11.7. The zero-order valence-electron chi connectivity index (χ0n) is 12.7. The van der Waals surface area contributed by atoms with Gasteiger partial charge in [0.2, 0.25) is 0 Å². The molecule has 0 atom stereocenters. The third-order valence-corrected chi connectivity index (χ3v) is 3.85. The van der Waals surface area contributed by atoms with Gasteiger partial charge in [0.05, 0.1) is 5.69 Å². The zero-order valence-corrected chi connectivity index (χ0v) is 13.5. The van der Waals surface area contributed by atoms with Crippen LogP contribution in [0.15, 0.2) is 6.07 Å². The van der Waals surface area contributed by atoms with Crippen LogP contribution in [0.3, 0.4) is 0 Å². The minimum Gasteiger partial charge on any atom is -0.477 e. The molecule has 0 unspecified atom stereocenters. The highest BCUT2D eigenvalue weighted by Crippen LogP contribution is 2.35. The number of rotatable bonds is 2. The van der Waals surface area contributed by atoms with Crippen molar-refractivity contribution in [1.29, 1.82) is 0 Å². The van der Waals surface area contributed by atoms with Gasteiger partial charge in [0.15, 0.2) is 0 Å². The molecule has 0 saturated carbocycles. The van der Waals surface area contributed by atoms with Crippen LogP contribution in [0.5, 0.6) is 0 Å². The highest BCUT2D eigenvalue weighted by atomic mass is 32.1. The summed E-state index contributed by atoms with van der Waals surface area (Å²) in [5, 5.41) is 11.7. The normalized spacial score (nSPS) is 12.1. The van der Waals surface area contributed by atoms with Gasteiger partial charge in [-0.2, -0.15) is 0 Å². The van der Waals surface area contributed by atoms with Crippen molar-refractivity contribution in [1.82, 2.24) is 0 Å². The van der Waals surface area contributed by atoms with Crippen LogP contribution >= 0.6 is 11.3 Å². The van der Waals surface area contributed by atoms with Gasteiger partial charge < -0.3 is 9.84 Å². The molecule has 5 nitrogen and oxygen atoms in total. The van der Waals surface area contributed by atoms with Gasteiger partial charge in [-0.15, -0.1) is 11.3 Å². The fourth-order valence-corrected chi connectivity index (χ4v) is 2.44. The quantitative estimate of drug-likeness (QED) is 0.862. The predicted octanol–water partition coefficient (Wildman–Crippen LogP) is 4.09. The van der Waals surface area contributed by atoms with E-state index in [1.54, 1.807) is 26.8 Å². The molecule has 0 saturated heterocycles. The van der Waals surface area contributed by atoms with Gasteiger partial charge in [-0.3, -0.25) is 5.32 Å². The van der Waals surface area contributed by atoms with Gasteiger partial charge >= 0.3 is 12.1 Å². The van der Waals surface area contributed by atoms with Crippen molar-refractivity contribution in [3.63, 3.8) is 0 Å². The highest BCUT2D eigenvalue weighted by Gasteiger charge is 2.25. The highest BCUT2D eigenvalue weighted by molar-refractivity contribution is 7.14. The number of carbonyl (C=O) groups is 2. The summed E-state index contributed by atoms with van der Waals surface area (Å²) in [4.78, 5) is 24.0. The number of carboxylic acids is 1. The lowest BCUT2D eigenvalue weighted by atomic mass is 9.94. The van der Waals surface area contributed by atoms with Crippen LogP contribution in [-0.2, 0) is 10.2 Å². The van der Waals surface area contributed by atoms with E-state index in [0.717, 1.165) is 16.2 Å². The van der Waals surface area contributed by atoms with Crippen LogP contribution in [0.2, 0.25) is 0 Å². The molecule has 1 aromatic rings. The zero-order chi connectivity index (χ0) is 15.7. The van der Waals surface area contributed by atoms with E-state index in [1.807, 2.05) is 20.8 Å². The first-order valence-corrected chi connectivity index (χ1v) is 7.09. The first-order chi connectivity index (χ1) is 8.90. The Morgan fingerprint density at radius 2 is 1.75 bits per heavy atom. The average molecular weight is 299 g/mol. The fraction of sp³-hybridized carbons (Fsp3) is 0.571. The molecule has 0 bridgehead atoms. The maximum Gasteiger partial charge on any atom is 0.412 e. The summed E-state index contributed by atoms with van der Waals surface area (Å²) in [6.45, 7) is 11.2. The van der Waals surface area contributed by atoms with Crippen molar-refractivity contribution in [3.05, 3.63) is 15.8 Å². The van der Waals surface area contributed by atoms with Gasteiger partial charge in [0.25, 0.3) is 0 Å². The minimum atomic E-state index is -1.06. The van der Waals surface area contributed by atoms with E-state index in [2.05, 4.69) is 5.32 Å². The fourth-order valence-electron chi connectivity index (χ4n) is 1.43. The summed E-state index contributed by atoms with van der Waals surface area (Å²) in [7, 11) is 0. The van der Waals surface area contributed by atoms with Gasteiger partial charge in [0, 0.05) is 4.88 Å². The molecule has 0 aliphatic rings. The van der Waals surface area contributed by atoms with Crippen LogP contribution in [0.25, 0.3) is 0 Å². The number of hydrogen-bond donors (Lipinski definition) is 2. The molecule has 0 aliphatic heterocycles.